The quantitative estimate of drug-likeness (QED) is 0.459. The average molecular weight is 496 g/mol. The number of halogens is 5. The molecule has 0 aliphatic heterocycles. The van der Waals surface area contributed by atoms with Crippen LogP contribution in [0.3, 0.4) is 0 Å². The second-order valence-corrected chi connectivity index (χ2v) is 6.95. The minimum atomic E-state index is -4.54. The second-order valence-electron chi connectivity index (χ2n) is 5.69. The van der Waals surface area contributed by atoms with Crippen molar-refractivity contribution in [1.29, 1.82) is 0 Å². The number of benzene rings is 2. The predicted molar refractivity (Wildman–Crippen MR) is 102 cm³/mol. The Morgan fingerprint density at radius 1 is 1.17 bits per heavy atom. The van der Waals surface area contributed by atoms with Gasteiger partial charge in [0.25, 0.3) is 0 Å². The molecule has 0 aromatic heterocycles. The Morgan fingerprint density at radius 2 is 1.86 bits per heavy atom. The number of rotatable bonds is 6. The van der Waals surface area contributed by atoms with Crippen molar-refractivity contribution in [2.75, 3.05) is 6.61 Å². The van der Waals surface area contributed by atoms with E-state index in [-0.39, 0.29) is 28.7 Å². The molecule has 0 saturated heterocycles. The lowest BCUT2D eigenvalue weighted by Crippen LogP contribution is -2.26. The lowest BCUT2D eigenvalue weighted by Gasteiger charge is -2.14. The van der Waals surface area contributed by atoms with Gasteiger partial charge in [0.15, 0.2) is 6.10 Å². The number of ether oxygens (including phenoxy) is 3. The van der Waals surface area contributed by atoms with Crippen LogP contribution in [-0.2, 0) is 20.4 Å². The van der Waals surface area contributed by atoms with Gasteiger partial charge in [0.2, 0.25) is 0 Å². The smallest absolute Gasteiger partial charge is 0.416 e. The van der Waals surface area contributed by atoms with Crippen LogP contribution >= 0.6 is 27.5 Å². The Labute approximate surface area is 177 Å². The van der Waals surface area contributed by atoms with Gasteiger partial charge in [-0.05, 0) is 66.2 Å². The normalized spacial score (nSPS) is 12.2. The van der Waals surface area contributed by atoms with Crippen LogP contribution in [0.2, 0.25) is 5.02 Å². The first kappa shape index (κ1) is 23.0. The highest BCUT2D eigenvalue weighted by Crippen LogP contribution is 2.37. The van der Waals surface area contributed by atoms with Crippen LogP contribution in [0.5, 0.6) is 11.5 Å². The van der Waals surface area contributed by atoms with Gasteiger partial charge >= 0.3 is 18.1 Å². The summed E-state index contributed by atoms with van der Waals surface area (Å²) < 4.78 is 53.9. The van der Waals surface area contributed by atoms with Crippen molar-refractivity contribution in [3.05, 3.63) is 57.0 Å². The first-order chi connectivity index (χ1) is 13.5. The number of alkyl halides is 3. The van der Waals surface area contributed by atoms with Gasteiger partial charge in [-0.3, -0.25) is 0 Å². The molecule has 2 rings (SSSR count). The highest BCUT2D eigenvalue weighted by atomic mass is 79.9. The van der Waals surface area contributed by atoms with E-state index in [1.165, 1.54) is 25.1 Å². The third kappa shape index (κ3) is 6.11. The van der Waals surface area contributed by atoms with E-state index in [1.54, 1.807) is 6.92 Å². The van der Waals surface area contributed by atoms with Crippen LogP contribution in [0.25, 0.3) is 0 Å². The number of hydrogen-bond donors (Lipinski definition) is 0. The SMILES string of the molecule is CCOC(=O)[C@H](C)OC(=O)c1cc(Oc2ccc(C(F)(F)F)cc2Cl)ccc1Br. The molecule has 5 nitrogen and oxygen atoms in total. The zero-order valence-corrected chi connectivity index (χ0v) is 17.5. The molecule has 0 amide bonds. The molecule has 156 valence electrons. The Morgan fingerprint density at radius 3 is 2.45 bits per heavy atom. The van der Waals surface area contributed by atoms with Crippen molar-refractivity contribution in [1.82, 2.24) is 0 Å². The van der Waals surface area contributed by atoms with Crippen molar-refractivity contribution in [2.24, 2.45) is 0 Å². The van der Waals surface area contributed by atoms with Gasteiger partial charge in [-0.1, -0.05) is 11.6 Å². The van der Waals surface area contributed by atoms with E-state index >= 15 is 0 Å². The Hall–Kier alpha value is -2.26. The van der Waals surface area contributed by atoms with E-state index in [0.29, 0.717) is 4.47 Å². The largest absolute Gasteiger partial charge is 0.463 e. The molecule has 0 aliphatic carbocycles. The molecule has 2 aromatic rings. The maximum absolute atomic E-state index is 12.7. The summed E-state index contributed by atoms with van der Waals surface area (Å²) in [5.74, 6) is -1.41. The minimum absolute atomic E-state index is 0.0267. The van der Waals surface area contributed by atoms with Crippen molar-refractivity contribution in [3.8, 4) is 11.5 Å². The maximum Gasteiger partial charge on any atom is 0.416 e. The third-order valence-electron chi connectivity index (χ3n) is 3.55. The summed E-state index contributed by atoms with van der Waals surface area (Å²) in [5.41, 5.74) is -0.871. The first-order valence-electron chi connectivity index (χ1n) is 8.24. The fourth-order valence-electron chi connectivity index (χ4n) is 2.14. The van der Waals surface area contributed by atoms with Crippen LogP contribution in [0.1, 0.15) is 29.8 Å². The highest BCUT2D eigenvalue weighted by Gasteiger charge is 2.31. The number of esters is 2. The number of hydrogen-bond acceptors (Lipinski definition) is 5. The van der Waals surface area contributed by atoms with E-state index in [0.717, 1.165) is 18.2 Å². The van der Waals surface area contributed by atoms with Crippen molar-refractivity contribution >= 4 is 39.5 Å². The third-order valence-corrected chi connectivity index (χ3v) is 4.53. The van der Waals surface area contributed by atoms with Crippen LogP contribution in [-0.4, -0.2) is 24.6 Å². The molecule has 0 heterocycles. The maximum atomic E-state index is 12.7. The molecule has 1 atom stereocenters. The van der Waals surface area contributed by atoms with Gasteiger partial charge < -0.3 is 14.2 Å². The molecule has 2 aromatic carbocycles. The van der Waals surface area contributed by atoms with Crippen LogP contribution < -0.4 is 4.74 Å². The van der Waals surface area contributed by atoms with Crippen LogP contribution in [0.15, 0.2) is 40.9 Å². The van der Waals surface area contributed by atoms with Gasteiger partial charge in [-0.25, -0.2) is 9.59 Å². The summed E-state index contributed by atoms with van der Waals surface area (Å²) in [6, 6.07) is 6.91. The summed E-state index contributed by atoms with van der Waals surface area (Å²) in [7, 11) is 0. The van der Waals surface area contributed by atoms with Crippen LogP contribution in [0, 0.1) is 0 Å². The average Bonchev–Trinajstić information content (AvgIpc) is 2.64. The molecule has 0 saturated carbocycles. The number of carbonyl (C=O) groups is 2. The topological polar surface area (TPSA) is 61.8 Å². The first-order valence-corrected chi connectivity index (χ1v) is 9.41. The van der Waals surface area contributed by atoms with E-state index < -0.39 is 29.8 Å². The van der Waals surface area contributed by atoms with E-state index in [2.05, 4.69) is 15.9 Å². The second kappa shape index (κ2) is 9.49. The standard InChI is InChI=1S/C19H15BrClF3O5/c1-3-27-17(25)10(2)28-18(26)13-9-12(5-6-14(13)20)29-16-7-4-11(8-15(16)21)19(22,23)24/h4-10H,3H2,1-2H3/t10-/m0/s1. The monoisotopic (exact) mass is 494 g/mol. The summed E-state index contributed by atoms with van der Waals surface area (Å²) in [5, 5.41) is -0.247. The Kier molecular flexibility index (Phi) is 7.54. The summed E-state index contributed by atoms with van der Waals surface area (Å²) in [6.45, 7) is 3.13. The van der Waals surface area contributed by atoms with Crippen LogP contribution in [0.4, 0.5) is 13.2 Å². The lowest BCUT2D eigenvalue weighted by molar-refractivity contribution is -0.152. The molecule has 0 bridgehead atoms. The van der Waals surface area contributed by atoms with Gasteiger partial charge in [0, 0.05) is 4.47 Å². The summed E-state index contributed by atoms with van der Waals surface area (Å²) in [6.07, 6.45) is -5.66. The molecule has 0 unspecified atom stereocenters. The van der Waals surface area contributed by atoms with Gasteiger partial charge in [-0.2, -0.15) is 13.2 Å². The van der Waals surface area contributed by atoms with Gasteiger partial charge in [0.1, 0.15) is 11.5 Å². The Balaban J connectivity index is 2.21. The molecule has 29 heavy (non-hydrogen) atoms. The summed E-state index contributed by atoms with van der Waals surface area (Å²) >= 11 is 9.07. The molecule has 0 radical (unpaired) electrons. The zero-order valence-electron chi connectivity index (χ0n) is 15.2. The van der Waals surface area contributed by atoms with Crippen molar-refractivity contribution in [2.45, 2.75) is 26.1 Å². The fourth-order valence-corrected chi connectivity index (χ4v) is 2.77. The molecule has 0 spiro atoms. The predicted octanol–water partition coefficient (Wildman–Crippen LogP) is 6.02. The van der Waals surface area contributed by atoms with E-state index in [9.17, 15) is 22.8 Å². The fraction of sp³-hybridized carbons (Fsp3) is 0.263. The molecular weight excluding hydrogens is 481 g/mol. The minimum Gasteiger partial charge on any atom is -0.463 e. The van der Waals surface area contributed by atoms with Gasteiger partial charge in [0.05, 0.1) is 22.8 Å². The van der Waals surface area contributed by atoms with E-state index in [1.807, 2.05) is 0 Å². The Bertz CT molecular complexity index is 917. The molecule has 10 heteroatoms. The van der Waals surface area contributed by atoms with Gasteiger partial charge in [-0.15, -0.1) is 0 Å². The van der Waals surface area contributed by atoms with Crippen molar-refractivity contribution < 1.29 is 37.0 Å². The molecular formula is C19H15BrClF3O5. The molecule has 0 N–H and O–H groups in total. The van der Waals surface area contributed by atoms with E-state index in [4.69, 9.17) is 25.8 Å². The zero-order chi connectivity index (χ0) is 21.8. The van der Waals surface area contributed by atoms with Crippen molar-refractivity contribution in [3.63, 3.8) is 0 Å². The highest BCUT2D eigenvalue weighted by molar-refractivity contribution is 9.10. The molecule has 0 aliphatic rings. The number of carbonyl (C=O) groups excluding carboxylic acids is 2. The summed E-state index contributed by atoms with van der Waals surface area (Å²) in [4.78, 5) is 24.0. The molecule has 0 fully saturated rings. The lowest BCUT2D eigenvalue weighted by atomic mass is 10.2.